The molecule has 0 N–H and O–H groups in total. The van der Waals surface area contributed by atoms with Crippen LogP contribution in [0.2, 0.25) is 0 Å². The molecule has 1 nitrogen and oxygen atoms in total. The SMILES string of the molecule is C[N-]c1c(C(C)C)cccc1C(C)C.[Cl][Ti][Cl].c1cc[cH-]c1. The molecule has 122 valence electrons. The Hall–Kier alpha value is -0.336. The second-order valence-electron chi connectivity index (χ2n) is 5.35. The van der Waals surface area contributed by atoms with Gasteiger partial charge in [-0.05, 0) is 11.8 Å². The maximum Gasteiger partial charge on any atom is -0.172 e. The summed E-state index contributed by atoms with van der Waals surface area (Å²) in [6.07, 6.45) is 0. The van der Waals surface area contributed by atoms with Gasteiger partial charge >= 0.3 is 35.6 Å². The summed E-state index contributed by atoms with van der Waals surface area (Å²) in [6.45, 7) is 8.87. The Balaban J connectivity index is 0.000000451. The van der Waals surface area contributed by atoms with Gasteiger partial charge in [-0.3, -0.25) is 0 Å². The first kappa shape index (κ1) is 21.7. The van der Waals surface area contributed by atoms with E-state index in [2.05, 4.69) is 51.2 Å². The van der Waals surface area contributed by atoms with Crippen LogP contribution < -0.4 is 0 Å². The molecule has 0 atom stereocenters. The molecule has 0 radical (unpaired) electrons. The number of hydrogen-bond donors (Lipinski definition) is 0. The predicted molar refractivity (Wildman–Crippen MR) is 97.3 cm³/mol. The standard InChI is InChI=1S/C13H20N.C5H5.2ClH.Ti/c1-9(2)11-7-6-8-12(10(3)4)13(11)14-5;1-2-4-5-3-1;;;/h6-10H,1-5H3;1-5H;2*1H;/q2*-1;;;+2/p-2. The molecule has 0 bridgehead atoms. The monoisotopic (exact) mass is 373 g/mol. The third kappa shape index (κ3) is 8.34. The maximum absolute atomic E-state index is 4.89. The van der Waals surface area contributed by atoms with Crippen LogP contribution in [-0.4, -0.2) is 7.05 Å². The fraction of sp³-hybridized carbons (Fsp3) is 0.389. The van der Waals surface area contributed by atoms with Gasteiger partial charge in [-0.1, -0.05) is 57.0 Å². The van der Waals surface area contributed by atoms with Crippen molar-refractivity contribution in [1.29, 1.82) is 0 Å². The Morgan fingerprint density at radius 1 is 0.909 bits per heavy atom. The van der Waals surface area contributed by atoms with Crippen LogP contribution in [0.25, 0.3) is 5.32 Å². The second-order valence-corrected chi connectivity index (χ2v) is 7.93. The van der Waals surface area contributed by atoms with Crippen molar-refractivity contribution in [2.24, 2.45) is 0 Å². The molecule has 0 fully saturated rings. The molecule has 0 unspecified atom stereocenters. The molecule has 0 spiro atoms. The summed E-state index contributed by atoms with van der Waals surface area (Å²) in [5.74, 6) is 1.10. The molecule has 0 saturated carbocycles. The van der Waals surface area contributed by atoms with Crippen LogP contribution in [0, 0.1) is 0 Å². The maximum atomic E-state index is 4.89. The molecule has 0 saturated heterocycles. The molecule has 4 heteroatoms. The average molecular weight is 374 g/mol. The molecule has 0 heterocycles. The topological polar surface area (TPSA) is 14.1 Å². The zero-order valence-electron chi connectivity index (χ0n) is 14.0. The molecule has 22 heavy (non-hydrogen) atoms. The zero-order chi connectivity index (χ0) is 17.0. The summed E-state index contributed by atoms with van der Waals surface area (Å²) < 4.78 is 0. The van der Waals surface area contributed by atoms with Crippen molar-refractivity contribution in [3.8, 4) is 0 Å². The van der Waals surface area contributed by atoms with Gasteiger partial charge in [-0.2, -0.15) is 18.2 Å². The molecule has 0 aliphatic heterocycles. The summed E-state index contributed by atoms with van der Waals surface area (Å²) in [5, 5.41) is 4.41. The van der Waals surface area contributed by atoms with E-state index in [9.17, 15) is 0 Å². The normalized spacial score (nSPS) is 9.50. The van der Waals surface area contributed by atoms with E-state index >= 15 is 0 Å². The third-order valence-corrected chi connectivity index (χ3v) is 3.12. The molecular formula is C18H25Cl2NTi-2. The molecule has 2 aromatic carbocycles. The third-order valence-electron chi connectivity index (χ3n) is 3.12. The number of rotatable bonds is 3. The molecular weight excluding hydrogens is 349 g/mol. The van der Waals surface area contributed by atoms with Crippen molar-refractivity contribution in [2.45, 2.75) is 39.5 Å². The zero-order valence-corrected chi connectivity index (χ0v) is 17.1. The second kappa shape index (κ2) is 13.1. The quantitative estimate of drug-likeness (QED) is 0.394. The number of para-hydroxylation sites is 1. The molecule has 0 aliphatic rings. The van der Waals surface area contributed by atoms with E-state index < -0.39 is 17.0 Å². The van der Waals surface area contributed by atoms with Gasteiger partial charge in [-0.15, -0.1) is 12.7 Å². The van der Waals surface area contributed by atoms with E-state index in [1.807, 2.05) is 37.4 Å². The number of halogens is 2. The minimum Gasteiger partial charge on any atom is -0.214 e. The van der Waals surface area contributed by atoms with E-state index in [1.165, 1.54) is 16.8 Å². The Morgan fingerprint density at radius 3 is 1.55 bits per heavy atom. The van der Waals surface area contributed by atoms with E-state index in [0.29, 0.717) is 11.8 Å². The summed E-state index contributed by atoms with van der Waals surface area (Å²) in [4.78, 5) is 0. The van der Waals surface area contributed by atoms with Crippen molar-refractivity contribution >= 4 is 24.3 Å². The Kier molecular flexibility index (Phi) is 12.9. The van der Waals surface area contributed by atoms with Crippen LogP contribution in [0.1, 0.15) is 50.7 Å². The minimum atomic E-state index is -0.556. The van der Waals surface area contributed by atoms with Crippen LogP contribution in [0.3, 0.4) is 0 Å². The largest absolute Gasteiger partial charge is 0.214 e. The summed E-state index contributed by atoms with van der Waals surface area (Å²) in [6, 6.07) is 16.5. The summed E-state index contributed by atoms with van der Waals surface area (Å²) in [5.41, 5.74) is 3.91. The van der Waals surface area contributed by atoms with Gasteiger partial charge in [0.1, 0.15) is 0 Å². The molecule has 2 rings (SSSR count). The summed E-state index contributed by atoms with van der Waals surface area (Å²) in [7, 11) is 11.7. The fourth-order valence-corrected chi connectivity index (χ4v) is 2.09. The van der Waals surface area contributed by atoms with Crippen LogP contribution in [0.5, 0.6) is 0 Å². The smallest absolute Gasteiger partial charge is 0.172 e. The van der Waals surface area contributed by atoms with Crippen molar-refractivity contribution in [2.75, 3.05) is 7.05 Å². The Morgan fingerprint density at radius 2 is 1.32 bits per heavy atom. The predicted octanol–water partition coefficient (Wildman–Crippen LogP) is 7.35. The Bertz CT molecular complexity index is 438. The van der Waals surface area contributed by atoms with Crippen molar-refractivity contribution in [3.63, 3.8) is 0 Å². The van der Waals surface area contributed by atoms with Gasteiger partial charge in [-0.25, -0.2) is 12.1 Å². The van der Waals surface area contributed by atoms with E-state index in [-0.39, 0.29) is 0 Å². The summed E-state index contributed by atoms with van der Waals surface area (Å²) >= 11 is -0.556. The van der Waals surface area contributed by atoms with Crippen LogP contribution in [0.15, 0.2) is 48.5 Å². The minimum absolute atomic E-state index is 0.549. The molecule has 2 aromatic rings. The fourth-order valence-electron chi connectivity index (χ4n) is 2.09. The van der Waals surface area contributed by atoms with Gasteiger partial charge in [0.15, 0.2) is 0 Å². The first-order valence-corrected chi connectivity index (χ1v) is 11.6. The first-order chi connectivity index (χ1) is 10.5. The van der Waals surface area contributed by atoms with Gasteiger partial charge in [0.2, 0.25) is 0 Å². The van der Waals surface area contributed by atoms with Crippen LogP contribution >= 0.6 is 18.6 Å². The van der Waals surface area contributed by atoms with Gasteiger partial charge in [0.05, 0.1) is 0 Å². The average Bonchev–Trinajstić information content (AvgIpc) is 3.06. The van der Waals surface area contributed by atoms with Crippen molar-refractivity contribution in [1.82, 2.24) is 0 Å². The number of hydrogen-bond acceptors (Lipinski definition) is 0. The van der Waals surface area contributed by atoms with E-state index in [1.54, 1.807) is 0 Å². The number of benzene rings is 1. The van der Waals surface area contributed by atoms with Gasteiger partial charge < -0.3 is 5.32 Å². The number of nitrogens with zero attached hydrogens (tertiary/aromatic N) is 1. The molecule has 0 amide bonds. The van der Waals surface area contributed by atoms with E-state index in [4.69, 9.17) is 18.6 Å². The van der Waals surface area contributed by atoms with Gasteiger partial charge in [0.25, 0.3) is 0 Å². The van der Waals surface area contributed by atoms with Crippen LogP contribution in [-0.2, 0) is 17.0 Å². The first-order valence-electron chi connectivity index (χ1n) is 7.35. The van der Waals surface area contributed by atoms with E-state index in [0.717, 1.165) is 0 Å². The molecule has 0 aromatic heterocycles. The Labute approximate surface area is 152 Å². The van der Waals surface area contributed by atoms with Crippen LogP contribution in [0.4, 0.5) is 5.69 Å². The molecule has 0 aliphatic carbocycles. The van der Waals surface area contributed by atoms with Gasteiger partial charge in [0, 0.05) is 0 Å². The van der Waals surface area contributed by atoms with Crippen molar-refractivity contribution < 1.29 is 17.0 Å². The van der Waals surface area contributed by atoms with Crippen molar-refractivity contribution in [3.05, 3.63) is 65.0 Å².